The Balaban J connectivity index is 2.28. The van der Waals surface area contributed by atoms with Crippen LogP contribution in [0.25, 0.3) is 0 Å². The van der Waals surface area contributed by atoms with E-state index in [0.717, 1.165) is 19.6 Å². The summed E-state index contributed by atoms with van der Waals surface area (Å²) in [7, 11) is 0. The number of ether oxygens (including phenoxy) is 1. The lowest BCUT2D eigenvalue weighted by Crippen LogP contribution is -1.94. The van der Waals surface area contributed by atoms with Gasteiger partial charge in [0, 0.05) is 6.61 Å². The van der Waals surface area contributed by atoms with Gasteiger partial charge in [0.2, 0.25) is 0 Å². The highest BCUT2D eigenvalue weighted by atomic mass is 16.5. The van der Waals surface area contributed by atoms with Crippen LogP contribution >= 0.6 is 0 Å². The number of hydrogen-bond acceptors (Lipinski definition) is 1. The molecule has 0 heterocycles. The predicted molar refractivity (Wildman–Crippen MR) is 55.7 cm³/mol. The third kappa shape index (κ3) is 4.09. The maximum atomic E-state index is 5.52. The molecular weight excluding hydrogens is 160 g/mol. The van der Waals surface area contributed by atoms with E-state index in [4.69, 9.17) is 4.74 Å². The number of unbranched alkanes of at least 4 members (excludes halogenated alkanes) is 1. The second-order valence-electron chi connectivity index (χ2n) is 3.40. The topological polar surface area (TPSA) is 9.23 Å². The molecule has 0 spiro atoms. The van der Waals surface area contributed by atoms with E-state index in [1.165, 1.54) is 17.5 Å². The number of rotatable bonds is 5. The smallest absolute Gasteiger partial charge is 0.0716 e. The van der Waals surface area contributed by atoms with Gasteiger partial charge in [-0.1, -0.05) is 43.2 Å². The quantitative estimate of drug-likeness (QED) is 0.628. The molecule has 0 aromatic heterocycles. The van der Waals surface area contributed by atoms with Crippen molar-refractivity contribution >= 4 is 0 Å². The average molecular weight is 178 g/mol. The number of benzene rings is 1. The Morgan fingerprint density at radius 3 is 2.85 bits per heavy atom. The van der Waals surface area contributed by atoms with Crippen molar-refractivity contribution in [1.82, 2.24) is 0 Å². The Kier molecular flexibility index (Phi) is 4.55. The Morgan fingerprint density at radius 2 is 2.15 bits per heavy atom. The molecule has 1 heteroatoms. The molecule has 1 aromatic carbocycles. The lowest BCUT2D eigenvalue weighted by atomic mass is 10.1. The van der Waals surface area contributed by atoms with E-state index in [0.29, 0.717) is 0 Å². The van der Waals surface area contributed by atoms with Crippen LogP contribution in [0.3, 0.4) is 0 Å². The van der Waals surface area contributed by atoms with Gasteiger partial charge in [-0.05, 0) is 18.9 Å². The van der Waals surface area contributed by atoms with Gasteiger partial charge in [-0.2, -0.15) is 0 Å². The number of aryl methyl sites for hydroxylation is 1. The third-order valence-corrected chi connectivity index (χ3v) is 1.99. The maximum absolute atomic E-state index is 5.52. The van der Waals surface area contributed by atoms with Crippen molar-refractivity contribution in [3.63, 3.8) is 0 Å². The minimum absolute atomic E-state index is 0.752. The van der Waals surface area contributed by atoms with Gasteiger partial charge < -0.3 is 4.74 Å². The molecule has 0 unspecified atom stereocenters. The minimum Gasteiger partial charge on any atom is -0.377 e. The summed E-state index contributed by atoms with van der Waals surface area (Å²) in [5.41, 5.74) is 2.58. The van der Waals surface area contributed by atoms with Gasteiger partial charge >= 0.3 is 0 Å². The van der Waals surface area contributed by atoms with E-state index in [2.05, 4.69) is 38.1 Å². The second-order valence-corrected chi connectivity index (χ2v) is 3.40. The Bertz CT molecular complexity index is 243. The fraction of sp³-hybridized carbons (Fsp3) is 0.500. The zero-order valence-corrected chi connectivity index (χ0v) is 8.55. The van der Waals surface area contributed by atoms with Gasteiger partial charge in [-0.15, -0.1) is 0 Å². The maximum Gasteiger partial charge on any atom is 0.0716 e. The Morgan fingerprint density at radius 1 is 1.31 bits per heavy atom. The van der Waals surface area contributed by atoms with E-state index in [9.17, 15) is 0 Å². The van der Waals surface area contributed by atoms with Crippen molar-refractivity contribution in [1.29, 1.82) is 0 Å². The summed E-state index contributed by atoms with van der Waals surface area (Å²) in [6.07, 6.45) is 2.36. The van der Waals surface area contributed by atoms with Gasteiger partial charge in [0.1, 0.15) is 0 Å². The molecule has 13 heavy (non-hydrogen) atoms. The summed E-state index contributed by atoms with van der Waals surface area (Å²) >= 11 is 0. The van der Waals surface area contributed by atoms with Gasteiger partial charge in [-0.3, -0.25) is 0 Å². The third-order valence-electron chi connectivity index (χ3n) is 1.99. The molecule has 1 nitrogen and oxygen atoms in total. The van der Waals surface area contributed by atoms with Gasteiger partial charge in [0.05, 0.1) is 6.61 Å². The first-order valence-corrected chi connectivity index (χ1v) is 4.96. The lowest BCUT2D eigenvalue weighted by Gasteiger charge is -2.03. The Labute approximate surface area is 80.7 Å². The first kappa shape index (κ1) is 10.3. The molecular formula is C12H18O. The van der Waals surface area contributed by atoms with Crippen LogP contribution in [0.1, 0.15) is 30.9 Å². The largest absolute Gasteiger partial charge is 0.377 e. The van der Waals surface area contributed by atoms with Crippen LogP contribution < -0.4 is 0 Å². The van der Waals surface area contributed by atoms with E-state index < -0.39 is 0 Å². The van der Waals surface area contributed by atoms with E-state index in [1.807, 2.05) is 0 Å². The molecule has 72 valence electrons. The molecule has 1 rings (SSSR count). The van der Waals surface area contributed by atoms with Gasteiger partial charge in [0.25, 0.3) is 0 Å². The molecule has 0 aliphatic heterocycles. The van der Waals surface area contributed by atoms with Crippen molar-refractivity contribution in [2.24, 2.45) is 0 Å². The highest BCUT2D eigenvalue weighted by Crippen LogP contribution is 2.05. The van der Waals surface area contributed by atoms with Crippen molar-refractivity contribution < 1.29 is 4.74 Å². The molecule has 1 aromatic rings. The summed E-state index contributed by atoms with van der Waals surface area (Å²) in [5.74, 6) is 0. The van der Waals surface area contributed by atoms with Crippen LogP contribution in [0.2, 0.25) is 0 Å². The van der Waals surface area contributed by atoms with E-state index >= 15 is 0 Å². The fourth-order valence-electron chi connectivity index (χ4n) is 1.24. The zero-order valence-electron chi connectivity index (χ0n) is 8.55. The van der Waals surface area contributed by atoms with Crippen LogP contribution in [-0.4, -0.2) is 6.61 Å². The van der Waals surface area contributed by atoms with Crippen molar-refractivity contribution in [3.8, 4) is 0 Å². The first-order valence-electron chi connectivity index (χ1n) is 4.96. The fourth-order valence-corrected chi connectivity index (χ4v) is 1.24. The summed E-state index contributed by atoms with van der Waals surface area (Å²) in [4.78, 5) is 0. The molecule has 0 bridgehead atoms. The first-order chi connectivity index (χ1) is 6.33. The highest BCUT2D eigenvalue weighted by molar-refractivity contribution is 5.21. The average Bonchev–Trinajstić information content (AvgIpc) is 2.13. The van der Waals surface area contributed by atoms with Crippen LogP contribution in [0, 0.1) is 6.92 Å². The monoisotopic (exact) mass is 178 g/mol. The normalized spacial score (nSPS) is 10.3. The lowest BCUT2D eigenvalue weighted by molar-refractivity contribution is 0.118. The minimum atomic E-state index is 0.752. The van der Waals surface area contributed by atoms with Crippen LogP contribution in [-0.2, 0) is 11.3 Å². The summed E-state index contributed by atoms with van der Waals surface area (Å²) in [6.45, 7) is 5.91. The molecule has 0 radical (unpaired) electrons. The summed E-state index contributed by atoms with van der Waals surface area (Å²) < 4.78 is 5.52. The molecule has 0 amide bonds. The molecule has 0 saturated carbocycles. The molecule has 0 atom stereocenters. The molecule has 0 aliphatic rings. The van der Waals surface area contributed by atoms with Gasteiger partial charge in [0.15, 0.2) is 0 Å². The summed E-state index contributed by atoms with van der Waals surface area (Å²) in [5, 5.41) is 0. The molecule has 0 N–H and O–H groups in total. The highest BCUT2D eigenvalue weighted by Gasteiger charge is 1.92. The van der Waals surface area contributed by atoms with Crippen LogP contribution in [0.5, 0.6) is 0 Å². The van der Waals surface area contributed by atoms with Crippen LogP contribution in [0.4, 0.5) is 0 Å². The molecule has 0 fully saturated rings. The molecule has 0 aliphatic carbocycles. The SMILES string of the molecule is CCCCOCc1cccc(C)c1. The van der Waals surface area contributed by atoms with E-state index in [-0.39, 0.29) is 0 Å². The Hall–Kier alpha value is -0.820. The van der Waals surface area contributed by atoms with Crippen molar-refractivity contribution in [2.75, 3.05) is 6.61 Å². The predicted octanol–water partition coefficient (Wildman–Crippen LogP) is 3.31. The van der Waals surface area contributed by atoms with Crippen molar-refractivity contribution in [2.45, 2.75) is 33.3 Å². The second kappa shape index (κ2) is 5.76. The standard InChI is InChI=1S/C12H18O/c1-3-4-8-13-10-12-7-5-6-11(2)9-12/h5-7,9H,3-4,8,10H2,1-2H3. The van der Waals surface area contributed by atoms with Crippen molar-refractivity contribution in [3.05, 3.63) is 35.4 Å². The van der Waals surface area contributed by atoms with E-state index in [1.54, 1.807) is 0 Å². The summed E-state index contributed by atoms with van der Waals surface area (Å²) in [6, 6.07) is 8.47. The molecule has 0 saturated heterocycles. The van der Waals surface area contributed by atoms with Crippen LogP contribution in [0.15, 0.2) is 24.3 Å². The number of hydrogen-bond donors (Lipinski definition) is 0. The van der Waals surface area contributed by atoms with Gasteiger partial charge in [-0.25, -0.2) is 0 Å². The zero-order chi connectivity index (χ0) is 9.52.